The summed E-state index contributed by atoms with van der Waals surface area (Å²) in [6, 6.07) is -1.41. The van der Waals surface area contributed by atoms with Crippen LogP contribution in [0.4, 0.5) is 0 Å². The molecule has 0 aliphatic carbocycles. The molecule has 0 saturated carbocycles. The molecule has 0 radical (unpaired) electrons. The van der Waals surface area contributed by atoms with Gasteiger partial charge in [0, 0.05) is 19.3 Å². The van der Waals surface area contributed by atoms with Crippen LogP contribution in [-0.2, 0) is 19.2 Å². The Morgan fingerprint density at radius 3 is 1.46 bits per heavy atom. The van der Waals surface area contributed by atoms with Crippen LogP contribution < -0.4 is 0 Å². The Balaban J connectivity index is 4.99. The third kappa shape index (κ3) is 11.7. The zero-order valence-corrected chi connectivity index (χ0v) is 17.5. The highest BCUT2D eigenvalue weighted by atomic mass is 16.4. The summed E-state index contributed by atoms with van der Waals surface area (Å²) in [7, 11) is 0. The van der Waals surface area contributed by atoms with E-state index in [4.69, 9.17) is 5.11 Å². The molecule has 0 fully saturated rings. The van der Waals surface area contributed by atoms with Gasteiger partial charge in [-0.05, 0) is 19.3 Å². The minimum atomic E-state index is -1.41. The lowest BCUT2D eigenvalue weighted by molar-refractivity contribution is -0.159. The van der Waals surface area contributed by atoms with E-state index in [2.05, 4.69) is 13.8 Å². The van der Waals surface area contributed by atoms with Crippen molar-refractivity contribution in [3.63, 3.8) is 0 Å². The van der Waals surface area contributed by atoms with E-state index in [0.717, 1.165) is 56.3 Å². The number of nitrogens with zero attached hydrogens (tertiary/aromatic N) is 1. The molecule has 0 bridgehead atoms. The lowest BCUT2D eigenvalue weighted by atomic mass is 10.0. The Labute approximate surface area is 168 Å². The molecule has 0 spiro atoms. The largest absolute Gasteiger partial charge is 0.481 e. The molecule has 0 aromatic heterocycles. The summed E-state index contributed by atoms with van der Waals surface area (Å²) in [5, 5.41) is 18.4. The molecule has 162 valence electrons. The van der Waals surface area contributed by atoms with Crippen LogP contribution in [0.15, 0.2) is 0 Å². The molecule has 0 aromatic carbocycles. The minimum Gasteiger partial charge on any atom is -0.481 e. The number of carboxylic acid groups (broad SMARTS) is 2. The van der Waals surface area contributed by atoms with Gasteiger partial charge in [-0.2, -0.15) is 0 Å². The van der Waals surface area contributed by atoms with Gasteiger partial charge in [-0.3, -0.25) is 19.3 Å². The van der Waals surface area contributed by atoms with Crippen LogP contribution in [0, 0.1) is 0 Å². The lowest BCUT2D eigenvalue weighted by Crippen LogP contribution is -2.48. The van der Waals surface area contributed by atoms with Crippen molar-refractivity contribution in [1.29, 1.82) is 0 Å². The molecule has 7 heteroatoms. The van der Waals surface area contributed by atoms with Crippen molar-refractivity contribution >= 4 is 23.8 Å². The second-order valence-electron chi connectivity index (χ2n) is 7.27. The molecule has 0 aliphatic rings. The molecule has 0 saturated heterocycles. The van der Waals surface area contributed by atoms with Crippen molar-refractivity contribution in [2.24, 2.45) is 0 Å². The summed E-state index contributed by atoms with van der Waals surface area (Å²) in [6.45, 7) is 4.18. The molecule has 28 heavy (non-hydrogen) atoms. The van der Waals surface area contributed by atoms with Gasteiger partial charge in [0.1, 0.15) is 6.04 Å². The second kappa shape index (κ2) is 16.1. The van der Waals surface area contributed by atoms with Crippen molar-refractivity contribution in [1.82, 2.24) is 4.90 Å². The Morgan fingerprint density at radius 2 is 1.11 bits per heavy atom. The van der Waals surface area contributed by atoms with E-state index in [1.807, 2.05) is 0 Å². The van der Waals surface area contributed by atoms with Crippen LogP contribution in [0.25, 0.3) is 0 Å². The zero-order valence-electron chi connectivity index (χ0n) is 17.5. The lowest BCUT2D eigenvalue weighted by Gasteiger charge is -2.27. The van der Waals surface area contributed by atoms with Gasteiger partial charge in [0.25, 0.3) is 0 Å². The first kappa shape index (κ1) is 26.1. The highest BCUT2D eigenvalue weighted by molar-refractivity contribution is 5.99. The number of hydrogen-bond donors (Lipinski definition) is 2. The van der Waals surface area contributed by atoms with Crippen molar-refractivity contribution in [3.8, 4) is 0 Å². The fourth-order valence-corrected chi connectivity index (χ4v) is 3.11. The highest BCUT2D eigenvalue weighted by Gasteiger charge is 2.34. The summed E-state index contributed by atoms with van der Waals surface area (Å²) < 4.78 is 0. The van der Waals surface area contributed by atoms with Gasteiger partial charge < -0.3 is 10.2 Å². The second-order valence-corrected chi connectivity index (χ2v) is 7.27. The molecule has 2 N–H and O–H groups in total. The van der Waals surface area contributed by atoms with E-state index in [1.54, 1.807) is 0 Å². The van der Waals surface area contributed by atoms with Crippen molar-refractivity contribution < 1.29 is 29.4 Å². The molecular weight excluding hydrogens is 362 g/mol. The van der Waals surface area contributed by atoms with Crippen molar-refractivity contribution in [3.05, 3.63) is 0 Å². The Bertz CT molecular complexity index is 465. The molecule has 0 rings (SSSR count). The van der Waals surface area contributed by atoms with Gasteiger partial charge in [0.05, 0.1) is 0 Å². The zero-order chi connectivity index (χ0) is 21.4. The molecular formula is C21H37NO6. The first-order valence-corrected chi connectivity index (χ1v) is 10.6. The van der Waals surface area contributed by atoms with E-state index in [9.17, 15) is 24.3 Å². The Hall–Kier alpha value is -1.92. The molecule has 0 aromatic rings. The van der Waals surface area contributed by atoms with E-state index in [0.29, 0.717) is 12.8 Å². The molecule has 7 nitrogen and oxygen atoms in total. The van der Waals surface area contributed by atoms with Gasteiger partial charge in [0.2, 0.25) is 11.8 Å². The van der Waals surface area contributed by atoms with E-state index in [1.165, 1.54) is 0 Å². The van der Waals surface area contributed by atoms with Gasteiger partial charge in [0.15, 0.2) is 0 Å². The number of carboxylic acids is 2. The summed E-state index contributed by atoms with van der Waals surface area (Å²) in [4.78, 5) is 48.6. The number of unbranched alkanes of at least 4 members (excludes halogenated alkanes) is 8. The average molecular weight is 400 g/mol. The predicted octanol–water partition coefficient (Wildman–Crippen LogP) is 4.38. The summed E-state index contributed by atoms with van der Waals surface area (Å²) in [5.41, 5.74) is 0. The van der Waals surface area contributed by atoms with Crippen molar-refractivity contribution in [2.75, 3.05) is 0 Å². The average Bonchev–Trinajstić information content (AvgIpc) is 2.63. The number of imide groups is 1. The van der Waals surface area contributed by atoms with E-state index >= 15 is 0 Å². The first-order chi connectivity index (χ1) is 13.3. The topological polar surface area (TPSA) is 112 Å². The van der Waals surface area contributed by atoms with Gasteiger partial charge in [-0.15, -0.1) is 0 Å². The normalized spacial score (nSPS) is 11.8. The number of aliphatic carboxylic acids is 2. The van der Waals surface area contributed by atoms with Gasteiger partial charge >= 0.3 is 11.9 Å². The first-order valence-electron chi connectivity index (χ1n) is 10.6. The summed E-state index contributed by atoms with van der Waals surface area (Å²) >= 11 is 0. The van der Waals surface area contributed by atoms with E-state index < -0.39 is 36.2 Å². The van der Waals surface area contributed by atoms with Crippen LogP contribution in [0.2, 0.25) is 0 Å². The number of hydrogen-bond acceptors (Lipinski definition) is 4. The van der Waals surface area contributed by atoms with Crippen LogP contribution in [0.5, 0.6) is 0 Å². The maximum absolute atomic E-state index is 12.6. The van der Waals surface area contributed by atoms with Crippen LogP contribution >= 0.6 is 0 Å². The number of carbonyl (C=O) groups is 4. The number of rotatable bonds is 17. The number of amides is 2. The molecule has 1 atom stereocenters. The third-order valence-corrected chi connectivity index (χ3v) is 4.75. The third-order valence-electron chi connectivity index (χ3n) is 4.75. The van der Waals surface area contributed by atoms with Crippen LogP contribution in [-0.4, -0.2) is 44.9 Å². The van der Waals surface area contributed by atoms with Gasteiger partial charge in [-0.1, -0.05) is 65.2 Å². The molecule has 0 aliphatic heterocycles. The standard InChI is InChI=1S/C21H37NO6/c1-3-5-7-9-11-13-18(23)22(17(21(27)28)15-16-20(25)26)19(24)14-12-10-8-6-4-2/h17H,3-16H2,1-2H3,(H,25,26)(H,27,28)/t17-/m0/s1. The SMILES string of the molecule is CCCCCCCC(=O)N(C(=O)CCCCCCC)[C@@H](CCC(=O)O)C(=O)O. The van der Waals surface area contributed by atoms with E-state index in [-0.39, 0.29) is 19.3 Å². The predicted molar refractivity (Wildman–Crippen MR) is 107 cm³/mol. The quantitative estimate of drug-likeness (QED) is 0.351. The number of carbonyl (C=O) groups excluding carboxylic acids is 2. The Morgan fingerprint density at radius 1 is 0.679 bits per heavy atom. The molecule has 0 heterocycles. The maximum Gasteiger partial charge on any atom is 0.326 e. The monoisotopic (exact) mass is 399 g/mol. The fraction of sp³-hybridized carbons (Fsp3) is 0.810. The molecule has 2 amide bonds. The Kier molecular flexibility index (Phi) is 15.0. The summed E-state index contributed by atoms with van der Waals surface area (Å²) in [5.74, 6) is -3.49. The van der Waals surface area contributed by atoms with Crippen LogP contribution in [0.3, 0.4) is 0 Å². The van der Waals surface area contributed by atoms with Crippen LogP contribution in [0.1, 0.15) is 104 Å². The highest BCUT2D eigenvalue weighted by Crippen LogP contribution is 2.16. The van der Waals surface area contributed by atoms with Gasteiger partial charge in [-0.25, -0.2) is 4.79 Å². The van der Waals surface area contributed by atoms with Crippen molar-refractivity contribution in [2.45, 2.75) is 110 Å². The maximum atomic E-state index is 12.6. The minimum absolute atomic E-state index is 0.113. The summed E-state index contributed by atoms with van der Waals surface area (Å²) in [6.07, 6.45) is 8.76. The fourth-order valence-electron chi connectivity index (χ4n) is 3.11. The smallest absolute Gasteiger partial charge is 0.326 e. The molecule has 0 unspecified atom stereocenters.